The van der Waals surface area contributed by atoms with Gasteiger partial charge < -0.3 is 21.5 Å². The van der Waals surface area contributed by atoms with E-state index in [-0.39, 0.29) is 11.9 Å². The number of hydrogen-bond donors (Lipinski definition) is 3. The number of rotatable bonds is 17. The van der Waals surface area contributed by atoms with Crippen molar-refractivity contribution in [3.05, 3.63) is 0 Å². The molecule has 0 spiro atoms. The van der Waals surface area contributed by atoms with Gasteiger partial charge in [-0.2, -0.15) is 0 Å². The minimum atomic E-state index is 0.134. The van der Waals surface area contributed by atoms with Gasteiger partial charge in [-0.25, -0.2) is 0 Å². The number of hydrogen-bond acceptors (Lipinski definition) is 4. The number of unbranched alkanes of at least 4 members (excludes halogenated alkanes) is 9. The number of amides is 1. The fraction of sp³-hybridized carbons (Fsp3) is 0.850. The van der Waals surface area contributed by atoms with Crippen LogP contribution in [0.2, 0.25) is 0 Å². The molecule has 7 nitrogen and oxygen atoms in total. The zero-order chi connectivity index (χ0) is 20.6. The number of ether oxygens (including phenoxy) is 1. The molecular weight excluding hydrogens is 344 g/mol. The minimum absolute atomic E-state index is 0.134. The van der Waals surface area contributed by atoms with E-state index >= 15 is 0 Å². The lowest BCUT2D eigenvalue weighted by atomic mass is 10.1. The Morgan fingerprint density at radius 3 is 2.00 bits per heavy atom. The second-order valence-corrected chi connectivity index (χ2v) is 6.49. The van der Waals surface area contributed by atoms with E-state index in [0.29, 0.717) is 26.0 Å². The lowest BCUT2D eigenvalue weighted by Gasteiger charge is -2.05. The lowest BCUT2D eigenvalue weighted by Crippen LogP contribution is -2.24. The number of nitrogens with two attached hydrogens (primary N) is 2. The fourth-order valence-corrected chi connectivity index (χ4v) is 2.43. The molecule has 7 heteroatoms. The van der Waals surface area contributed by atoms with Gasteiger partial charge in [0.05, 0.1) is 6.61 Å². The van der Waals surface area contributed by atoms with E-state index in [9.17, 15) is 9.59 Å². The van der Waals surface area contributed by atoms with E-state index < -0.39 is 0 Å². The summed E-state index contributed by atoms with van der Waals surface area (Å²) in [7, 11) is 0. The molecule has 0 rings (SSSR count). The van der Waals surface area contributed by atoms with Crippen molar-refractivity contribution >= 4 is 18.3 Å². The van der Waals surface area contributed by atoms with E-state index in [2.05, 4.69) is 22.0 Å². The fourth-order valence-electron chi connectivity index (χ4n) is 2.43. The standard InChI is InChI=1S/C17H36N4O.C3H6O2/c1-2-3-4-5-6-7-8-9-10-13-16(22)20-14-11-12-15-21-17(18)19;1-2-5-3-4/h2-15H2,1H3,(H,20,22)(H4,18,19,21);3H,2H2,1H3. The highest BCUT2D eigenvalue weighted by molar-refractivity contribution is 5.76. The number of carbonyl (C=O) groups is 2. The van der Waals surface area contributed by atoms with Crippen LogP contribution in [0, 0.1) is 0 Å². The molecule has 0 atom stereocenters. The summed E-state index contributed by atoms with van der Waals surface area (Å²) in [5, 5.41) is 2.95. The van der Waals surface area contributed by atoms with Crippen LogP contribution in [0.25, 0.3) is 0 Å². The molecule has 0 aromatic rings. The molecule has 0 unspecified atom stereocenters. The van der Waals surface area contributed by atoms with Gasteiger partial charge in [-0.1, -0.05) is 58.3 Å². The van der Waals surface area contributed by atoms with Crippen molar-refractivity contribution in [2.75, 3.05) is 19.7 Å². The predicted molar refractivity (Wildman–Crippen MR) is 112 cm³/mol. The van der Waals surface area contributed by atoms with Crippen molar-refractivity contribution in [3.8, 4) is 0 Å². The Kier molecular flexibility index (Phi) is 24.6. The molecule has 5 N–H and O–H groups in total. The lowest BCUT2D eigenvalue weighted by molar-refractivity contribution is -0.128. The van der Waals surface area contributed by atoms with Crippen molar-refractivity contribution < 1.29 is 14.3 Å². The highest BCUT2D eigenvalue weighted by Gasteiger charge is 2.00. The van der Waals surface area contributed by atoms with Gasteiger partial charge in [-0.3, -0.25) is 14.6 Å². The van der Waals surface area contributed by atoms with E-state index in [0.717, 1.165) is 25.8 Å². The number of nitrogens with one attached hydrogen (secondary N) is 1. The maximum absolute atomic E-state index is 11.6. The van der Waals surface area contributed by atoms with Gasteiger partial charge >= 0.3 is 0 Å². The van der Waals surface area contributed by atoms with Crippen LogP contribution >= 0.6 is 0 Å². The molecule has 0 saturated carbocycles. The molecule has 0 saturated heterocycles. The summed E-state index contributed by atoms with van der Waals surface area (Å²) in [6.07, 6.45) is 14.0. The first-order chi connectivity index (χ1) is 13.1. The molecule has 0 bridgehead atoms. The highest BCUT2D eigenvalue weighted by Crippen LogP contribution is 2.10. The van der Waals surface area contributed by atoms with Crippen LogP contribution in [0.15, 0.2) is 4.99 Å². The topological polar surface area (TPSA) is 120 Å². The average Bonchev–Trinajstić information content (AvgIpc) is 2.64. The summed E-state index contributed by atoms with van der Waals surface area (Å²) in [5.74, 6) is 0.305. The van der Waals surface area contributed by atoms with Crippen molar-refractivity contribution in [3.63, 3.8) is 0 Å². The molecule has 0 aromatic carbocycles. The zero-order valence-corrected chi connectivity index (χ0v) is 17.5. The van der Waals surface area contributed by atoms with Gasteiger partial charge in [-0.15, -0.1) is 0 Å². The summed E-state index contributed by atoms with van der Waals surface area (Å²) < 4.78 is 4.15. The van der Waals surface area contributed by atoms with E-state index in [1.807, 2.05) is 0 Å². The normalized spacial score (nSPS) is 9.70. The van der Waals surface area contributed by atoms with Crippen LogP contribution in [0.1, 0.15) is 90.9 Å². The molecule has 1 amide bonds. The largest absolute Gasteiger partial charge is 0.468 e. The first kappa shape index (κ1) is 27.4. The SMILES string of the molecule is CCCCCCCCCCCC(=O)NCCCCN=C(N)N.CCOC=O. The van der Waals surface area contributed by atoms with Gasteiger partial charge in [0, 0.05) is 19.5 Å². The average molecular weight is 387 g/mol. The molecular formula is C20H42N4O3. The van der Waals surface area contributed by atoms with Crippen LogP contribution in [0.5, 0.6) is 0 Å². The van der Waals surface area contributed by atoms with E-state index in [4.69, 9.17) is 11.5 Å². The van der Waals surface area contributed by atoms with E-state index in [1.165, 1.54) is 51.4 Å². The number of carbonyl (C=O) groups excluding carboxylic acids is 2. The molecule has 27 heavy (non-hydrogen) atoms. The first-order valence-corrected chi connectivity index (χ1v) is 10.5. The van der Waals surface area contributed by atoms with Crippen LogP contribution in [0.3, 0.4) is 0 Å². The van der Waals surface area contributed by atoms with Crippen LogP contribution in [-0.2, 0) is 14.3 Å². The molecule has 0 radical (unpaired) electrons. The summed E-state index contributed by atoms with van der Waals surface area (Å²) in [5.41, 5.74) is 10.5. The van der Waals surface area contributed by atoms with Gasteiger partial charge in [0.2, 0.25) is 5.91 Å². The molecule has 0 heterocycles. The summed E-state index contributed by atoms with van der Waals surface area (Å²) >= 11 is 0. The van der Waals surface area contributed by atoms with Crippen molar-refractivity contribution in [1.82, 2.24) is 5.32 Å². The quantitative estimate of drug-likeness (QED) is 0.153. The zero-order valence-electron chi connectivity index (χ0n) is 17.5. The van der Waals surface area contributed by atoms with Crippen molar-refractivity contribution in [1.29, 1.82) is 0 Å². The van der Waals surface area contributed by atoms with Gasteiger partial charge in [0.15, 0.2) is 5.96 Å². The third kappa shape index (κ3) is 29.2. The van der Waals surface area contributed by atoms with Gasteiger partial charge in [0.1, 0.15) is 0 Å². The first-order valence-electron chi connectivity index (χ1n) is 10.5. The molecule has 160 valence electrons. The summed E-state index contributed by atoms with van der Waals surface area (Å²) in [6.45, 7) is 6.26. The third-order valence-electron chi connectivity index (χ3n) is 3.94. The minimum Gasteiger partial charge on any atom is -0.468 e. The summed E-state index contributed by atoms with van der Waals surface area (Å²) in [6, 6.07) is 0. The van der Waals surface area contributed by atoms with Gasteiger partial charge in [0.25, 0.3) is 6.47 Å². The number of guanidine groups is 1. The summed E-state index contributed by atoms with van der Waals surface area (Å²) in [4.78, 5) is 24.7. The second kappa shape index (κ2) is 24.2. The van der Waals surface area contributed by atoms with Crippen LogP contribution < -0.4 is 16.8 Å². The highest BCUT2D eigenvalue weighted by atomic mass is 16.5. The molecule has 0 fully saturated rings. The molecule has 0 aliphatic heterocycles. The predicted octanol–water partition coefficient (Wildman–Crippen LogP) is 3.26. The maximum Gasteiger partial charge on any atom is 0.293 e. The molecule has 0 aliphatic rings. The van der Waals surface area contributed by atoms with Crippen molar-refractivity contribution in [2.24, 2.45) is 16.5 Å². The second-order valence-electron chi connectivity index (χ2n) is 6.49. The Morgan fingerprint density at radius 1 is 0.926 bits per heavy atom. The Balaban J connectivity index is 0. The third-order valence-corrected chi connectivity index (χ3v) is 3.94. The smallest absolute Gasteiger partial charge is 0.293 e. The Labute approximate surface area is 165 Å². The van der Waals surface area contributed by atoms with Gasteiger partial charge in [-0.05, 0) is 26.2 Å². The number of aliphatic imine (C=N–C) groups is 1. The Morgan fingerprint density at radius 2 is 1.52 bits per heavy atom. The Hall–Kier alpha value is -1.79. The number of nitrogens with zero attached hydrogens (tertiary/aromatic N) is 1. The molecule has 0 aromatic heterocycles. The maximum atomic E-state index is 11.6. The Bertz CT molecular complexity index is 359. The van der Waals surface area contributed by atoms with Crippen LogP contribution in [0.4, 0.5) is 0 Å². The monoisotopic (exact) mass is 386 g/mol. The van der Waals surface area contributed by atoms with Crippen LogP contribution in [-0.4, -0.2) is 38.0 Å². The molecule has 0 aliphatic carbocycles. The van der Waals surface area contributed by atoms with Crippen molar-refractivity contribution in [2.45, 2.75) is 90.9 Å². The van der Waals surface area contributed by atoms with E-state index in [1.54, 1.807) is 6.92 Å².